The van der Waals surface area contributed by atoms with Gasteiger partial charge in [0.25, 0.3) is 11.6 Å². The number of aryl methyl sites for hydroxylation is 2. The number of nitrogens with zero attached hydrogens (tertiary/aromatic N) is 4. The maximum Gasteiger partial charge on any atom is 0.270 e. The summed E-state index contributed by atoms with van der Waals surface area (Å²) in [7, 11) is 0. The molecule has 4 aromatic rings. The van der Waals surface area contributed by atoms with Crippen LogP contribution in [0.4, 0.5) is 22.2 Å². The fourth-order valence-corrected chi connectivity index (χ4v) is 5.50. The molecule has 1 amide bonds. The predicted octanol–water partition coefficient (Wildman–Crippen LogP) is 6.40. The SMILES string of the molecule is Cc1cc(C)cc(N(C(=O)c2cc([N+](=O)[O-])ccc2N2CCCC2)c2nc3ccccc3s2)c1. The maximum atomic E-state index is 14.2. The Labute approximate surface area is 201 Å². The van der Waals surface area contributed by atoms with Crippen molar-refractivity contribution in [3.63, 3.8) is 0 Å². The number of hydrogen-bond acceptors (Lipinski definition) is 6. The average Bonchev–Trinajstić information content (AvgIpc) is 3.48. The summed E-state index contributed by atoms with van der Waals surface area (Å²) < 4.78 is 0.971. The lowest BCUT2D eigenvalue weighted by Gasteiger charge is -2.25. The Balaban J connectivity index is 1.70. The zero-order chi connectivity index (χ0) is 23.8. The fraction of sp³-hybridized carbons (Fsp3) is 0.231. The van der Waals surface area contributed by atoms with E-state index in [1.807, 2.05) is 56.3 Å². The number of hydrogen-bond donors (Lipinski definition) is 0. The van der Waals surface area contributed by atoms with E-state index < -0.39 is 4.92 Å². The number of rotatable bonds is 5. The molecule has 0 aliphatic carbocycles. The molecule has 0 bridgehead atoms. The second kappa shape index (κ2) is 8.87. The third kappa shape index (κ3) is 4.12. The second-order valence-electron chi connectivity index (χ2n) is 8.60. The number of nitro groups is 1. The van der Waals surface area contributed by atoms with Gasteiger partial charge in [-0.3, -0.25) is 19.8 Å². The summed E-state index contributed by atoms with van der Waals surface area (Å²) in [6.45, 7) is 5.62. The van der Waals surface area contributed by atoms with E-state index in [1.54, 1.807) is 11.0 Å². The van der Waals surface area contributed by atoms with Gasteiger partial charge in [-0.05, 0) is 68.1 Å². The van der Waals surface area contributed by atoms with Crippen LogP contribution < -0.4 is 9.80 Å². The average molecular weight is 473 g/mol. The van der Waals surface area contributed by atoms with E-state index in [0.29, 0.717) is 16.4 Å². The first kappa shape index (κ1) is 22.0. The number of non-ortho nitro benzene ring substituents is 1. The minimum atomic E-state index is -0.455. The number of carbonyl (C=O) groups excluding carboxylic acids is 1. The molecule has 0 saturated carbocycles. The lowest BCUT2D eigenvalue weighted by molar-refractivity contribution is -0.384. The number of carbonyl (C=O) groups is 1. The molecule has 1 aromatic heterocycles. The van der Waals surface area contributed by atoms with Gasteiger partial charge < -0.3 is 4.90 Å². The van der Waals surface area contributed by atoms with Crippen LogP contribution in [0.15, 0.2) is 60.7 Å². The van der Waals surface area contributed by atoms with Crippen molar-refractivity contribution in [3.05, 3.63) is 87.5 Å². The Morgan fingerprint density at radius 2 is 1.74 bits per heavy atom. The minimum absolute atomic E-state index is 0.101. The summed E-state index contributed by atoms with van der Waals surface area (Å²) in [6, 6.07) is 18.3. The number of thiazole rings is 1. The monoisotopic (exact) mass is 472 g/mol. The Hall–Kier alpha value is -3.78. The zero-order valence-electron chi connectivity index (χ0n) is 19.0. The van der Waals surface area contributed by atoms with Gasteiger partial charge in [0.15, 0.2) is 5.13 Å². The summed E-state index contributed by atoms with van der Waals surface area (Å²) in [5, 5.41) is 12.1. The van der Waals surface area contributed by atoms with Crippen LogP contribution >= 0.6 is 11.3 Å². The van der Waals surface area contributed by atoms with Crippen molar-refractivity contribution in [2.45, 2.75) is 26.7 Å². The van der Waals surface area contributed by atoms with Gasteiger partial charge in [0.2, 0.25) is 0 Å². The van der Waals surface area contributed by atoms with Gasteiger partial charge in [-0.25, -0.2) is 4.98 Å². The maximum absolute atomic E-state index is 14.2. The standard InChI is InChI=1S/C26H24N4O3S/c1-17-13-18(2)15-20(14-17)29(26-27-22-7-3-4-8-24(22)34-26)25(31)21-16-19(30(32)33)9-10-23(21)28-11-5-6-12-28/h3-4,7-10,13-16H,5-6,11-12H2,1-2H3. The Bertz CT molecular complexity index is 1360. The Morgan fingerprint density at radius 1 is 1.03 bits per heavy atom. The van der Waals surface area contributed by atoms with Crippen molar-refractivity contribution in [1.29, 1.82) is 0 Å². The number of nitro benzene ring substituents is 1. The Kier molecular flexibility index (Phi) is 5.75. The van der Waals surface area contributed by atoms with Crippen molar-refractivity contribution >= 4 is 49.7 Å². The second-order valence-corrected chi connectivity index (χ2v) is 9.61. The number of para-hydroxylation sites is 1. The van der Waals surface area contributed by atoms with E-state index in [1.165, 1.54) is 23.5 Å². The molecule has 34 heavy (non-hydrogen) atoms. The zero-order valence-corrected chi connectivity index (χ0v) is 19.8. The molecule has 0 radical (unpaired) electrons. The molecule has 0 N–H and O–H groups in total. The molecule has 0 spiro atoms. The molecule has 8 heteroatoms. The van der Waals surface area contributed by atoms with Crippen LogP contribution in [0.3, 0.4) is 0 Å². The van der Waals surface area contributed by atoms with Crippen LogP contribution in [0.5, 0.6) is 0 Å². The van der Waals surface area contributed by atoms with Gasteiger partial charge >= 0.3 is 0 Å². The van der Waals surface area contributed by atoms with Gasteiger partial charge in [-0.1, -0.05) is 29.5 Å². The van der Waals surface area contributed by atoms with E-state index in [9.17, 15) is 14.9 Å². The van der Waals surface area contributed by atoms with Crippen molar-refractivity contribution < 1.29 is 9.72 Å². The number of fused-ring (bicyclic) bond motifs is 1. The predicted molar refractivity (Wildman–Crippen MR) is 137 cm³/mol. The van der Waals surface area contributed by atoms with E-state index >= 15 is 0 Å². The molecule has 1 fully saturated rings. The Morgan fingerprint density at radius 3 is 2.41 bits per heavy atom. The lowest BCUT2D eigenvalue weighted by Crippen LogP contribution is -2.29. The summed E-state index contributed by atoms with van der Waals surface area (Å²) in [5.74, 6) is -0.324. The number of aromatic nitrogens is 1. The molecule has 2 heterocycles. The molecule has 1 aliphatic heterocycles. The van der Waals surface area contributed by atoms with Crippen molar-refractivity contribution in [3.8, 4) is 0 Å². The van der Waals surface area contributed by atoms with E-state index in [0.717, 1.165) is 53.0 Å². The molecule has 5 rings (SSSR count). The summed E-state index contributed by atoms with van der Waals surface area (Å²) in [5.41, 5.74) is 4.48. The highest BCUT2D eigenvalue weighted by Gasteiger charge is 2.29. The van der Waals surface area contributed by atoms with Gasteiger partial charge in [0.1, 0.15) is 0 Å². The quantitative estimate of drug-likeness (QED) is 0.248. The molecule has 7 nitrogen and oxygen atoms in total. The van der Waals surface area contributed by atoms with Crippen LogP contribution in [0, 0.1) is 24.0 Å². The molecule has 0 atom stereocenters. The molecular formula is C26H24N4O3S. The molecule has 1 saturated heterocycles. The highest BCUT2D eigenvalue weighted by Crippen LogP contribution is 2.38. The first-order valence-corrected chi connectivity index (χ1v) is 12.0. The highest BCUT2D eigenvalue weighted by molar-refractivity contribution is 7.22. The lowest BCUT2D eigenvalue weighted by atomic mass is 10.1. The van der Waals surface area contributed by atoms with Crippen molar-refractivity contribution in [1.82, 2.24) is 4.98 Å². The third-order valence-electron chi connectivity index (χ3n) is 6.01. The normalized spacial score (nSPS) is 13.4. The first-order valence-electron chi connectivity index (χ1n) is 11.2. The molecule has 1 aliphatic rings. The first-order chi connectivity index (χ1) is 16.4. The molecule has 0 unspecified atom stereocenters. The van der Waals surface area contributed by atoms with Crippen LogP contribution in [-0.2, 0) is 0 Å². The summed E-state index contributed by atoms with van der Waals surface area (Å²) in [6.07, 6.45) is 2.06. The van der Waals surface area contributed by atoms with E-state index in [-0.39, 0.29) is 11.6 Å². The minimum Gasteiger partial charge on any atom is -0.371 e. The number of anilines is 3. The van der Waals surface area contributed by atoms with E-state index in [4.69, 9.17) is 4.98 Å². The van der Waals surface area contributed by atoms with Gasteiger partial charge in [-0.15, -0.1) is 0 Å². The smallest absolute Gasteiger partial charge is 0.270 e. The number of benzene rings is 3. The summed E-state index contributed by atoms with van der Waals surface area (Å²) in [4.78, 5) is 33.9. The molecule has 172 valence electrons. The van der Waals surface area contributed by atoms with Gasteiger partial charge in [0.05, 0.1) is 32.1 Å². The third-order valence-corrected chi connectivity index (χ3v) is 7.03. The van der Waals surface area contributed by atoms with Crippen LogP contribution in [0.2, 0.25) is 0 Å². The summed E-state index contributed by atoms with van der Waals surface area (Å²) >= 11 is 1.43. The van der Waals surface area contributed by atoms with Crippen molar-refractivity contribution in [2.24, 2.45) is 0 Å². The fourth-order valence-electron chi connectivity index (χ4n) is 4.51. The topological polar surface area (TPSA) is 79.6 Å². The molecular weight excluding hydrogens is 448 g/mol. The van der Waals surface area contributed by atoms with E-state index in [2.05, 4.69) is 4.90 Å². The van der Waals surface area contributed by atoms with Crippen LogP contribution in [-0.4, -0.2) is 28.9 Å². The van der Waals surface area contributed by atoms with Crippen LogP contribution in [0.25, 0.3) is 10.2 Å². The molecule has 3 aromatic carbocycles. The largest absolute Gasteiger partial charge is 0.371 e. The van der Waals surface area contributed by atoms with Gasteiger partial charge in [0, 0.05) is 25.2 Å². The highest BCUT2D eigenvalue weighted by atomic mass is 32.1. The van der Waals surface area contributed by atoms with Gasteiger partial charge in [-0.2, -0.15) is 0 Å². The number of amides is 1. The van der Waals surface area contributed by atoms with Crippen molar-refractivity contribution in [2.75, 3.05) is 22.9 Å². The van der Waals surface area contributed by atoms with Crippen LogP contribution in [0.1, 0.15) is 34.3 Å².